The van der Waals surface area contributed by atoms with Crippen LogP contribution >= 0.6 is 0 Å². The molecule has 0 saturated carbocycles. The summed E-state index contributed by atoms with van der Waals surface area (Å²) in [5.74, 6) is -1.54. The molecule has 0 bridgehead atoms. The van der Waals surface area contributed by atoms with Gasteiger partial charge in [0.15, 0.2) is 5.71 Å². The molecule has 0 radical (unpaired) electrons. The van der Waals surface area contributed by atoms with Crippen molar-refractivity contribution in [2.45, 2.75) is 103 Å². The number of amides is 2. The van der Waals surface area contributed by atoms with Crippen LogP contribution < -0.4 is 9.64 Å². The number of carbonyl (C=O) groups is 3. The number of nitrogens with zero attached hydrogens (tertiary/aromatic N) is 3. The quantitative estimate of drug-likeness (QED) is 0.0266. The molecule has 4 aromatic rings. The van der Waals surface area contributed by atoms with Crippen molar-refractivity contribution in [1.82, 2.24) is 5.06 Å². The summed E-state index contributed by atoms with van der Waals surface area (Å²) < 4.78 is 73.5. The van der Waals surface area contributed by atoms with Crippen molar-refractivity contribution in [3.63, 3.8) is 0 Å². The first-order valence-corrected chi connectivity index (χ1v) is 26.2. The van der Waals surface area contributed by atoms with Crippen molar-refractivity contribution in [1.29, 1.82) is 0 Å². The van der Waals surface area contributed by atoms with E-state index in [2.05, 4.69) is 85.7 Å². The summed E-state index contributed by atoms with van der Waals surface area (Å²) in [6, 6.07) is 22.7. The van der Waals surface area contributed by atoms with Crippen molar-refractivity contribution in [2.75, 3.05) is 36.1 Å². The molecule has 3 aliphatic heterocycles. The maximum Gasteiger partial charge on any atom is 0.333 e. The second-order valence-corrected chi connectivity index (χ2v) is 21.6. The number of fused-ring (bicyclic) bond motifs is 6. The Hall–Kier alpha value is -5.68. The highest BCUT2D eigenvalue weighted by molar-refractivity contribution is 7.86. The molecule has 1 saturated heterocycles. The van der Waals surface area contributed by atoms with Gasteiger partial charge in [-0.05, 0) is 110 Å². The summed E-state index contributed by atoms with van der Waals surface area (Å²) in [6.45, 7) is 10.3. The van der Waals surface area contributed by atoms with Gasteiger partial charge in [-0.25, -0.2) is 4.79 Å². The van der Waals surface area contributed by atoms with Crippen LogP contribution in [-0.2, 0) is 50.3 Å². The number of benzene rings is 4. The van der Waals surface area contributed by atoms with E-state index in [1.165, 1.54) is 5.56 Å². The Morgan fingerprint density at radius 3 is 2.13 bits per heavy atom. The lowest BCUT2D eigenvalue weighted by Gasteiger charge is -2.27. The van der Waals surface area contributed by atoms with Gasteiger partial charge in [0.25, 0.3) is 32.1 Å². The van der Waals surface area contributed by atoms with Crippen molar-refractivity contribution in [2.24, 2.45) is 0 Å². The van der Waals surface area contributed by atoms with E-state index in [1.807, 2.05) is 48.6 Å². The van der Waals surface area contributed by atoms with Gasteiger partial charge < -0.3 is 14.5 Å². The first kappa shape index (κ1) is 49.2. The monoisotopic (exact) mass is 954 g/mol. The lowest BCUT2D eigenvalue weighted by Crippen LogP contribution is -2.31. The van der Waals surface area contributed by atoms with Gasteiger partial charge in [0.1, 0.15) is 12.3 Å². The molecule has 2 N–H and O–H groups in total. The smallest absolute Gasteiger partial charge is 0.333 e. The summed E-state index contributed by atoms with van der Waals surface area (Å²) >= 11 is 0. The molecule has 0 unspecified atom stereocenters. The molecule has 1 fully saturated rings. The first-order valence-electron chi connectivity index (χ1n) is 22.9. The van der Waals surface area contributed by atoms with Crippen LogP contribution in [-0.4, -0.2) is 90.3 Å². The van der Waals surface area contributed by atoms with Crippen molar-refractivity contribution < 1.29 is 54.5 Å². The average Bonchev–Trinajstić information content (AvgIpc) is 3.78. The van der Waals surface area contributed by atoms with Crippen LogP contribution in [0.15, 0.2) is 103 Å². The van der Waals surface area contributed by atoms with Gasteiger partial charge in [-0.15, -0.1) is 5.06 Å². The molecule has 3 aliphatic rings. The van der Waals surface area contributed by atoms with Crippen molar-refractivity contribution in [3.05, 3.63) is 114 Å². The summed E-state index contributed by atoms with van der Waals surface area (Å²) in [5.41, 5.74) is 5.59. The topological polar surface area (TPSA) is 188 Å². The number of hydrogen-bond donors (Lipinski definition) is 2. The van der Waals surface area contributed by atoms with Gasteiger partial charge in [-0.2, -0.15) is 21.4 Å². The standard InChI is InChI=1S/C51H59N3O11S2/c1-50(2)43(52(30-12-15-33-66(58,59)60)41-26-23-36-17-10-11-18-39(36)48(41)50)19-7-5-8-20-44-51(3,4)49-40-35-38(64-32-14-6-9-21-47(57)65-54-45(55)28-29-46(54)56)25-22-37(40)24-27-42(49)53(44)31-13-16-34-67(61,62)63/h5,7-8,10-11,17-20,22-27,35H,6,9,12-16,21,28-34H2,1-4H3,(H-,58,59,60,61,62,63)/p+1. The predicted octanol–water partition coefficient (Wildman–Crippen LogP) is 9.05. The zero-order valence-electron chi connectivity index (χ0n) is 38.6. The number of carbonyl (C=O) groups excluding carboxylic acids is 3. The van der Waals surface area contributed by atoms with E-state index >= 15 is 0 Å². The Labute approximate surface area is 393 Å². The Morgan fingerprint density at radius 1 is 0.731 bits per heavy atom. The zero-order valence-corrected chi connectivity index (χ0v) is 40.2. The molecule has 0 aliphatic carbocycles. The highest BCUT2D eigenvalue weighted by atomic mass is 32.2. The molecule has 14 nitrogen and oxygen atoms in total. The molecule has 16 heteroatoms. The third-order valence-corrected chi connectivity index (χ3v) is 14.5. The van der Waals surface area contributed by atoms with Crippen molar-refractivity contribution >= 4 is 76.7 Å². The zero-order chi connectivity index (χ0) is 48.1. The number of imide groups is 1. The molecule has 0 aromatic heterocycles. The van der Waals surface area contributed by atoms with Gasteiger partial charge in [0.2, 0.25) is 5.69 Å². The summed E-state index contributed by atoms with van der Waals surface area (Å²) in [4.78, 5) is 42.9. The predicted molar refractivity (Wildman–Crippen MR) is 260 cm³/mol. The van der Waals surface area contributed by atoms with Crippen LogP contribution in [0.25, 0.3) is 21.5 Å². The molecule has 7 rings (SSSR count). The van der Waals surface area contributed by atoms with E-state index in [0.29, 0.717) is 75.5 Å². The Bertz CT molecular complexity index is 2920. The molecule has 356 valence electrons. The fraction of sp³-hybridized carbons (Fsp3) is 0.412. The van der Waals surface area contributed by atoms with Gasteiger partial charge in [0, 0.05) is 66.7 Å². The summed E-state index contributed by atoms with van der Waals surface area (Å²) in [7, 11) is -8.17. The van der Waals surface area contributed by atoms with E-state index in [9.17, 15) is 40.3 Å². The lowest BCUT2D eigenvalue weighted by molar-refractivity contribution is -0.438. The van der Waals surface area contributed by atoms with E-state index in [0.717, 1.165) is 49.9 Å². The van der Waals surface area contributed by atoms with Crippen LogP contribution in [0.1, 0.15) is 103 Å². The van der Waals surface area contributed by atoms with E-state index in [1.54, 1.807) is 0 Å². The summed E-state index contributed by atoms with van der Waals surface area (Å²) in [5, 5.41) is 4.92. The van der Waals surface area contributed by atoms with E-state index < -0.39 is 43.4 Å². The van der Waals surface area contributed by atoms with Crippen LogP contribution in [0.2, 0.25) is 0 Å². The molecule has 0 spiro atoms. The number of rotatable bonds is 21. The van der Waals surface area contributed by atoms with Crippen LogP contribution in [0, 0.1) is 0 Å². The summed E-state index contributed by atoms with van der Waals surface area (Å²) in [6.07, 6.45) is 14.0. The molecule has 67 heavy (non-hydrogen) atoms. The highest BCUT2D eigenvalue weighted by Gasteiger charge is 2.45. The minimum atomic E-state index is -4.11. The number of hydroxylamine groups is 2. The third kappa shape index (κ3) is 11.4. The van der Waals surface area contributed by atoms with Gasteiger partial charge >= 0.3 is 5.97 Å². The Morgan fingerprint density at radius 2 is 1.40 bits per heavy atom. The average molecular weight is 955 g/mol. The minimum Gasteiger partial charge on any atom is -0.494 e. The molecule has 3 heterocycles. The molecule has 2 amide bonds. The maximum absolute atomic E-state index is 12.2. The fourth-order valence-electron chi connectivity index (χ4n) is 9.68. The molecule has 4 aromatic carbocycles. The lowest BCUT2D eigenvalue weighted by atomic mass is 9.79. The molecule has 0 atom stereocenters. The normalized spacial score (nSPS) is 17.6. The van der Waals surface area contributed by atoms with Crippen LogP contribution in [0.3, 0.4) is 0 Å². The van der Waals surface area contributed by atoms with Crippen LogP contribution in [0.4, 0.5) is 11.4 Å². The van der Waals surface area contributed by atoms with E-state index in [-0.39, 0.29) is 36.2 Å². The number of allylic oxidation sites excluding steroid dienone is 6. The minimum absolute atomic E-state index is 0.0490. The maximum atomic E-state index is 12.2. The second kappa shape index (κ2) is 20.3. The first-order chi connectivity index (χ1) is 31.8. The fourth-order valence-corrected chi connectivity index (χ4v) is 10.8. The van der Waals surface area contributed by atoms with Gasteiger partial charge in [0.05, 0.1) is 23.5 Å². The SMILES string of the molecule is CC1(C)C(/C=C/C=C/C=C2/N(CCCCS(=O)(=O)O)c3ccc4ccc(OCCCCCC(=O)ON5C(=O)CCC5=O)cc4c3C2(C)C)=[N+](CCCCS(=O)(=O)O)c2ccc3ccccc3c21. The van der Waals surface area contributed by atoms with Crippen LogP contribution in [0.5, 0.6) is 5.75 Å². The number of ether oxygens (including phenoxy) is 1. The molecular weight excluding hydrogens is 895 g/mol. The van der Waals surface area contributed by atoms with Gasteiger partial charge in [-0.1, -0.05) is 68.5 Å². The number of hydrogen-bond acceptors (Lipinski definition) is 10. The Balaban J connectivity index is 1.10. The van der Waals surface area contributed by atoms with E-state index in [4.69, 9.17) is 9.57 Å². The largest absolute Gasteiger partial charge is 0.494 e. The highest BCUT2D eigenvalue weighted by Crippen LogP contribution is 2.51. The number of unbranched alkanes of at least 4 members (excludes halogenated alkanes) is 4. The Kier molecular flexibility index (Phi) is 14.9. The van der Waals surface area contributed by atoms with Crippen molar-refractivity contribution in [3.8, 4) is 5.75 Å². The van der Waals surface area contributed by atoms with Gasteiger partial charge in [-0.3, -0.25) is 18.7 Å². The molecular formula is C51H60N3O11S2+. The third-order valence-electron chi connectivity index (χ3n) is 12.9. The second-order valence-electron chi connectivity index (χ2n) is 18.4. The number of anilines is 1.